The standard InChI is InChI=1S/C13H13Br2NS2/c1-16-12(11-6-8(14)13(15)18-11)10-5-7-3-2-4-9(7)17-10/h5-6,12,16H,2-4H2,1H3. The summed E-state index contributed by atoms with van der Waals surface area (Å²) in [6, 6.07) is 4.93. The Morgan fingerprint density at radius 2 is 1.94 bits per heavy atom. The molecule has 1 aliphatic carbocycles. The lowest BCUT2D eigenvalue weighted by Gasteiger charge is -2.12. The third-order valence-electron chi connectivity index (χ3n) is 3.29. The normalized spacial score (nSPS) is 15.9. The predicted octanol–water partition coefficient (Wildman–Crippen LogP) is 5.13. The smallest absolute Gasteiger partial charge is 0.0843 e. The number of nitrogens with one attached hydrogen (secondary N) is 1. The quantitative estimate of drug-likeness (QED) is 0.744. The molecule has 5 heteroatoms. The van der Waals surface area contributed by atoms with Gasteiger partial charge in [0, 0.05) is 19.1 Å². The summed E-state index contributed by atoms with van der Waals surface area (Å²) >= 11 is 10.9. The first-order chi connectivity index (χ1) is 8.69. The molecule has 2 heterocycles. The summed E-state index contributed by atoms with van der Waals surface area (Å²) in [5.74, 6) is 0. The molecule has 0 saturated heterocycles. The van der Waals surface area contributed by atoms with E-state index >= 15 is 0 Å². The highest BCUT2D eigenvalue weighted by Crippen LogP contribution is 2.41. The predicted molar refractivity (Wildman–Crippen MR) is 87.0 cm³/mol. The fourth-order valence-electron chi connectivity index (χ4n) is 2.42. The van der Waals surface area contributed by atoms with Crippen LogP contribution in [0.1, 0.15) is 32.7 Å². The van der Waals surface area contributed by atoms with Crippen LogP contribution >= 0.6 is 54.5 Å². The fourth-order valence-corrected chi connectivity index (χ4v) is 6.11. The second kappa shape index (κ2) is 5.37. The third-order valence-corrected chi connectivity index (χ3v) is 7.91. The van der Waals surface area contributed by atoms with Gasteiger partial charge < -0.3 is 5.32 Å². The van der Waals surface area contributed by atoms with Crippen LogP contribution in [0, 0.1) is 0 Å². The molecule has 0 saturated carbocycles. The molecule has 0 bridgehead atoms. The minimum atomic E-state index is 0.327. The number of thiophene rings is 2. The number of hydrogen-bond donors (Lipinski definition) is 1. The van der Waals surface area contributed by atoms with Crippen molar-refractivity contribution < 1.29 is 0 Å². The average Bonchev–Trinajstić information content (AvgIpc) is 2.96. The van der Waals surface area contributed by atoms with Crippen molar-refractivity contribution in [2.75, 3.05) is 7.05 Å². The van der Waals surface area contributed by atoms with E-state index in [2.05, 4.69) is 49.3 Å². The largest absolute Gasteiger partial charge is 0.308 e. The topological polar surface area (TPSA) is 12.0 Å². The molecule has 0 aliphatic heterocycles. The SMILES string of the molecule is CNC(c1cc(Br)c(Br)s1)c1cc2c(s1)CCC2. The van der Waals surface area contributed by atoms with Crippen LogP contribution in [0.2, 0.25) is 0 Å². The molecule has 1 unspecified atom stereocenters. The summed E-state index contributed by atoms with van der Waals surface area (Å²) in [6.07, 6.45) is 3.87. The second-order valence-corrected chi connectivity index (χ2v) is 8.87. The Hall–Kier alpha value is 0.320. The zero-order chi connectivity index (χ0) is 12.7. The van der Waals surface area contributed by atoms with Crippen molar-refractivity contribution in [3.05, 3.63) is 40.6 Å². The highest BCUT2D eigenvalue weighted by atomic mass is 79.9. The van der Waals surface area contributed by atoms with E-state index in [0.717, 1.165) is 4.47 Å². The maximum atomic E-state index is 3.58. The lowest BCUT2D eigenvalue weighted by molar-refractivity contribution is 0.715. The Kier molecular flexibility index (Phi) is 3.97. The van der Waals surface area contributed by atoms with Crippen LogP contribution in [-0.2, 0) is 12.8 Å². The van der Waals surface area contributed by atoms with Crippen LogP contribution in [0.3, 0.4) is 0 Å². The van der Waals surface area contributed by atoms with Crippen LogP contribution in [0.5, 0.6) is 0 Å². The van der Waals surface area contributed by atoms with E-state index in [1.807, 2.05) is 18.4 Å². The van der Waals surface area contributed by atoms with E-state index in [-0.39, 0.29) is 0 Å². The molecule has 0 amide bonds. The number of rotatable bonds is 3. The Balaban J connectivity index is 1.96. The second-order valence-electron chi connectivity index (χ2n) is 4.44. The molecule has 1 N–H and O–H groups in total. The Bertz CT molecular complexity index is 533. The summed E-state index contributed by atoms with van der Waals surface area (Å²) in [4.78, 5) is 4.40. The summed E-state index contributed by atoms with van der Waals surface area (Å²) in [7, 11) is 2.04. The summed E-state index contributed by atoms with van der Waals surface area (Å²) < 4.78 is 2.31. The highest BCUT2D eigenvalue weighted by molar-refractivity contribution is 9.13. The van der Waals surface area contributed by atoms with Crippen molar-refractivity contribution in [3.63, 3.8) is 0 Å². The van der Waals surface area contributed by atoms with Gasteiger partial charge in [-0.3, -0.25) is 0 Å². The molecule has 0 spiro atoms. The van der Waals surface area contributed by atoms with Gasteiger partial charge >= 0.3 is 0 Å². The molecule has 0 fully saturated rings. The Morgan fingerprint density at radius 1 is 1.17 bits per heavy atom. The van der Waals surface area contributed by atoms with E-state index in [1.165, 1.54) is 32.8 Å². The summed E-state index contributed by atoms with van der Waals surface area (Å²) in [5, 5.41) is 3.44. The van der Waals surface area contributed by atoms with Crippen molar-refractivity contribution in [2.45, 2.75) is 25.3 Å². The van der Waals surface area contributed by atoms with Crippen molar-refractivity contribution in [2.24, 2.45) is 0 Å². The molecule has 96 valence electrons. The number of halogens is 2. The summed E-state index contributed by atoms with van der Waals surface area (Å²) in [5.41, 5.74) is 1.57. The van der Waals surface area contributed by atoms with Gasteiger partial charge in [-0.2, -0.15) is 0 Å². The van der Waals surface area contributed by atoms with E-state index < -0.39 is 0 Å². The zero-order valence-electron chi connectivity index (χ0n) is 9.93. The lowest BCUT2D eigenvalue weighted by Crippen LogP contribution is -2.15. The van der Waals surface area contributed by atoms with Gasteiger partial charge in [0.1, 0.15) is 0 Å². The molecule has 1 aliphatic rings. The monoisotopic (exact) mass is 405 g/mol. The van der Waals surface area contributed by atoms with Gasteiger partial charge in [-0.15, -0.1) is 22.7 Å². The van der Waals surface area contributed by atoms with E-state index in [1.54, 1.807) is 21.8 Å². The van der Waals surface area contributed by atoms with Gasteiger partial charge in [0.15, 0.2) is 0 Å². The molecule has 2 aromatic rings. The van der Waals surface area contributed by atoms with E-state index in [4.69, 9.17) is 0 Å². The van der Waals surface area contributed by atoms with Gasteiger partial charge in [0.2, 0.25) is 0 Å². The lowest BCUT2D eigenvalue weighted by atomic mass is 10.1. The average molecular weight is 407 g/mol. The molecule has 1 nitrogen and oxygen atoms in total. The van der Waals surface area contributed by atoms with Gasteiger partial charge in [0.25, 0.3) is 0 Å². The van der Waals surface area contributed by atoms with Crippen LogP contribution in [0.4, 0.5) is 0 Å². The van der Waals surface area contributed by atoms with Crippen LogP contribution < -0.4 is 5.32 Å². The number of aryl methyl sites for hydroxylation is 2. The molecule has 3 rings (SSSR count). The molecule has 18 heavy (non-hydrogen) atoms. The molecule has 2 aromatic heterocycles. The van der Waals surface area contributed by atoms with Gasteiger partial charge in [0.05, 0.1) is 9.83 Å². The van der Waals surface area contributed by atoms with Crippen LogP contribution in [0.25, 0.3) is 0 Å². The van der Waals surface area contributed by atoms with Crippen LogP contribution in [0.15, 0.2) is 20.4 Å². The molecule has 0 aromatic carbocycles. The van der Waals surface area contributed by atoms with E-state index in [0.29, 0.717) is 6.04 Å². The number of hydrogen-bond acceptors (Lipinski definition) is 3. The van der Waals surface area contributed by atoms with Gasteiger partial charge in [-0.1, -0.05) is 0 Å². The molecule has 0 radical (unpaired) electrons. The minimum Gasteiger partial charge on any atom is -0.308 e. The third kappa shape index (κ3) is 2.36. The first-order valence-corrected chi connectivity index (χ1v) is 9.14. The minimum absolute atomic E-state index is 0.327. The van der Waals surface area contributed by atoms with Gasteiger partial charge in [-0.05, 0) is 75.9 Å². The first kappa shape index (κ1) is 13.3. The van der Waals surface area contributed by atoms with Crippen molar-refractivity contribution in [3.8, 4) is 0 Å². The van der Waals surface area contributed by atoms with E-state index in [9.17, 15) is 0 Å². The highest BCUT2D eigenvalue weighted by Gasteiger charge is 2.22. The maximum absolute atomic E-state index is 3.58. The van der Waals surface area contributed by atoms with Crippen LogP contribution in [-0.4, -0.2) is 7.05 Å². The molecule has 1 atom stereocenters. The van der Waals surface area contributed by atoms with Gasteiger partial charge in [-0.25, -0.2) is 0 Å². The Labute approximate surface area is 132 Å². The fraction of sp³-hybridized carbons (Fsp3) is 0.385. The van der Waals surface area contributed by atoms with Crippen molar-refractivity contribution in [1.29, 1.82) is 0 Å². The first-order valence-electron chi connectivity index (χ1n) is 5.92. The molecular weight excluding hydrogens is 394 g/mol. The van der Waals surface area contributed by atoms with Crippen molar-refractivity contribution in [1.82, 2.24) is 5.32 Å². The van der Waals surface area contributed by atoms with Crippen molar-refractivity contribution >= 4 is 54.5 Å². The Morgan fingerprint density at radius 3 is 2.56 bits per heavy atom. The zero-order valence-corrected chi connectivity index (χ0v) is 14.7. The maximum Gasteiger partial charge on any atom is 0.0843 e. The summed E-state index contributed by atoms with van der Waals surface area (Å²) in [6.45, 7) is 0. The molecular formula is C13H13Br2NS2. The number of fused-ring (bicyclic) bond motifs is 1.